The lowest BCUT2D eigenvalue weighted by atomic mass is 10.1. The zero-order valence-corrected chi connectivity index (χ0v) is 22.4. The van der Waals surface area contributed by atoms with Crippen LogP contribution in [0.15, 0.2) is 54.6 Å². The Kier molecular flexibility index (Phi) is 8.92. The SMILES string of the molecule is Cc1ccc(Oc2ccc(C(=O)NCCN3CCCC3)cc2NC(=O)Nc2ccc(Cl)cc2Cl)cc1C. The molecule has 1 heterocycles. The van der Waals surface area contributed by atoms with Gasteiger partial charge in [-0.2, -0.15) is 0 Å². The summed E-state index contributed by atoms with van der Waals surface area (Å²) in [5.41, 5.74) is 3.37. The van der Waals surface area contributed by atoms with E-state index in [4.69, 9.17) is 27.9 Å². The van der Waals surface area contributed by atoms with Gasteiger partial charge in [-0.3, -0.25) is 4.79 Å². The molecule has 3 N–H and O–H groups in total. The van der Waals surface area contributed by atoms with E-state index in [-0.39, 0.29) is 5.91 Å². The summed E-state index contributed by atoms with van der Waals surface area (Å²) >= 11 is 12.1. The average molecular weight is 541 g/mol. The van der Waals surface area contributed by atoms with E-state index in [0.717, 1.165) is 30.8 Å². The Morgan fingerprint density at radius 2 is 1.65 bits per heavy atom. The zero-order valence-electron chi connectivity index (χ0n) is 20.9. The van der Waals surface area contributed by atoms with Gasteiger partial charge >= 0.3 is 6.03 Å². The fraction of sp³-hybridized carbons (Fsp3) is 0.286. The molecule has 9 heteroatoms. The van der Waals surface area contributed by atoms with Crippen molar-refractivity contribution in [3.63, 3.8) is 0 Å². The second kappa shape index (κ2) is 12.3. The summed E-state index contributed by atoms with van der Waals surface area (Å²) in [4.78, 5) is 28.0. The van der Waals surface area contributed by atoms with E-state index < -0.39 is 6.03 Å². The van der Waals surface area contributed by atoms with Crippen molar-refractivity contribution in [2.75, 3.05) is 36.8 Å². The molecule has 3 amide bonds. The third-order valence-electron chi connectivity index (χ3n) is 6.29. The molecule has 0 aromatic heterocycles. The van der Waals surface area contributed by atoms with Crippen molar-refractivity contribution in [2.45, 2.75) is 26.7 Å². The summed E-state index contributed by atoms with van der Waals surface area (Å²) in [6.45, 7) is 7.53. The molecule has 194 valence electrons. The van der Waals surface area contributed by atoms with E-state index >= 15 is 0 Å². The Morgan fingerprint density at radius 1 is 0.892 bits per heavy atom. The first-order valence-electron chi connectivity index (χ1n) is 12.2. The maximum absolute atomic E-state index is 12.8. The first-order chi connectivity index (χ1) is 17.8. The number of nitrogens with one attached hydrogen (secondary N) is 3. The van der Waals surface area contributed by atoms with Crippen LogP contribution in [0, 0.1) is 13.8 Å². The monoisotopic (exact) mass is 540 g/mol. The third-order valence-corrected chi connectivity index (χ3v) is 6.84. The van der Waals surface area contributed by atoms with Crippen molar-refractivity contribution >= 4 is 46.5 Å². The molecule has 1 aliphatic rings. The third kappa shape index (κ3) is 7.38. The van der Waals surface area contributed by atoms with Gasteiger partial charge < -0.3 is 25.6 Å². The summed E-state index contributed by atoms with van der Waals surface area (Å²) < 4.78 is 6.09. The van der Waals surface area contributed by atoms with Crippen LogP contribution in [0.2, 0.25) is 10.0 Å². The van der Waals surface area contributed by atoms with Gasteiger partial charge in [0.1, 0.15) is 5.75 Å². The molecule has 37 heavy (non-hydrogen) atoms. The van der Waals surface area contributed by atoms with Gasteiger partial charge in [0.05, 0.1) is 16.4 Å². The molecule has 0 radical (unpaired) electrons. The van der Waals surface area contributed by atoms with Crippen LogP contribution in [0.1, 0.15) is 34.3 Å². The van der Waals surface area contributed by atoms with Crippen LogP contribution >= 0.6 is 23.2 Å². The predicted octanol–water partition coefficient (Wildman–Crippen LogP) is 6.87. The number of hydrogen-bond donors (Lipinski definition) is 3. The first kappa shape index (κ1) is 26.8. The number of nitrogens with zero attached hydrogens (tertiary/aromatic N) is 1. The van der Waals surface area contributed by atoms with E-state index in [1.54, 1.807) is 36.4 Å². The van der Waals surface area contributed by atoms with Crippen molar-refractivity contribution in [1.82, 2.24) is 10.2 Å². The number of likely N-dealkylation sites (tertiary alicyclic amines) is 1. The Hall–Kier alpha value is -3.26. The molecular weight excluding hydrogens is 511 g/mol. The molecule has 3 aromatic carbocycles. The number of halogens is 2. The quantitative estimate of drug-likeness (QED) is 0.291. The van der Waals surface area contributed by atoms with Crippen molar-refractivity contribution in [3.05, 3.63) is 81.3 Å². The van der Waals surface area contributed by atoms with Crippen LogP contribution in [0.25, 0.3) is 0 Å². The molecule has 3 aromatic rings. The molecule has 0 saturated carbocycles. The highest BCUT2D eigenvalue weighted by atomic mass is 35.5. The standard InChI is InChI=1S/C28H30Cl2N4O3/c1-18-5-8-22(15-19(18)2)37-26-10-6-20(27(35)31-11-14-34-12-3-4-13-34)16-25(26)33-28(36)32-24-9-7-21(29)17-23(24)30/h5-10,15-17H,3-4,11-14H2,1-2H3,(H,31,35)(H2,32,33,36). The van der Waals surface area contributed by atoms with Gasteiger partial charge in [-0.05, 0) is 99.4 Å². The molecule has 0 spiro atoms. The van der Waals surface area contributed by atoms with Crippen molar-refractivity contribution in [3.8, 4) is 11.5 Å². The molecule has 1 aliphatic heterocycles. The lowest BCUT2D eigenvalue weighted by molar-refractivity contribution is 0.0949. The lowest BCUT2D eigenvalue weighted by Gasteiger charge is -2.17. The zero-order chi connectivity index (χ0) is 26.4. The van der Waals surface area contributed by atoms with Gasteiger partial charge in [-0.1, -0.05) is 29.3 Å². The number of urea groups is 1. The van der Waals surface area contributed by atoms with Crippen LogP contribution < -0.4 is 20.7 Å². The molecule has 0 aliphatic carbocycles. The molecule has 4 rings (SSSR count). The minimum Gasteiger partial charge on any atom is -0.455 e. The van der Waals surface area contributed by atoms with Gasteiger partial charge in [-0.25, -0.2) is 4.79 Å². The van der Waals surface area contributed by atoms with Gasteiger partial charge in [0.2, 0.25) is 0 Å². The highest BCUT2D eigenvalue weighted by Crippen LogP contribution is 2.32. The normalized spacial score (nSPS) is 13.3. The van der Waals surface area contributed by atoms with E-state index in [1.165, 1.54) is 12.8 Å². The second-order valence-corrected chi connectivity index (χ2v) is 9.91. The number of carbonyl (C=O) groups is 2. The molecule has 0 unspecified atom stereocenters. The summed E-state index contributed by atoms with van der Waals surface area (Å²) in [5, 5.41) is 9.22. The van der Waals surface area contributed by atoms with Gasteiger partial charge in [0.15, 0.2) is 5.75 Å². The summed E-state index contributed by atoms with van der Waals surface area (Å²) in [5.74, 6) is 0.797. The van der Waals surface area contributed by atoms with Gasteiger partial charge in [0.25, 0.3) is 5.91 Å². The minimum absolute atomic E-state index is 0.221. The summed E-state index contributed by atoms with van der Waals surface area (Å²) in [6, 6.07) is 15.0. The lowest BCUT2D eigenvalue weighted by Crippen LogP contribution is -2.33. The van der Waals surface area contributed by atoms with Crippen LogP contribution in [0.3, 0.4) is 0 Å². The molecule has 0 bridgehead atoms. The first-order valence-corrected chi connectivity index (χ1v) is 13.0. The second-order valence-electron chi connectivity index (χ2n) is 9.07. The number of hydrogen-bond acceptors (Lipinski definition) is 4. The highest BCUT2D eigenvalue weighted by Gasteiger charge is 2.16. The Balaban J connectivity index is 1.52. The van der Waals surface area contributed by atoms with Gasteiger partial charge in [0, 0.05) is 23.7 Å². The highest BCUT2D eigenvalue weighted by molar-refractivity contribution is 6.36. The number of amides is 3. The maximum Gasteiger partial charge on any atom is 0.323 e. The molecule has 0 atom stereocenters. The number of aryl methyl sites for hydroxylation is 2. The van der Waals surface area contributed by atoms with Crippen molar-refractivity contribution in [1.29, 1.82) is 0 Å². The number of rotatable bonds is 8. The molecular formula is C28H30Cl2N4O3. The van der Waals surface area contributed by atoms with E-state index in [1.807, 2.05) is 32.0 Å². The molecule has 7 nitrogen and oxygen atoms in total. The maximum atomic E-state index is 12.8. The minimum atomic E-state index is -0.541. The van der Waals surface area contributed by atoms with E-state index in [2.05, 4.69) is 20.9 Å². The van der Waals surface area contributed by atoms with E-state index in [9.17, 15) is 9.59 Å². The fourth-order valence-electron chi connectivity index (χ4n) is 4.06. The van der Waals surface area contributed by atoms with Crippen LogP contribution in [0.5, 0.6) is 11.5 Å². The van der Waals surface area contributed by atoms with Crippen LogP contribution in [-0.2, 0) is 0 Å². The van der Waals surface area contributed by atoms with Crippen molar-refractivity contribution in [2.24, 2.45) is 0 Å². The topological polar surface area (TPSA) is 82.7 Å². The van der Waals surface area contributed by atoms with Crippen LogP contribution in [0.4, 0.5) is 16.2 Å². The Bertz CT molecular complexity index is 1290. The molecule has 1 saturated heterocycles. The summed E-state index contributed by atoms with van der Waals surface area (Å²) in [6.07, 6.45) is 2.41. The predicted molar refractivity (Wildman–Crippen MR) is 150 cm³/mol. The van der Waals surface area contributed by atoms with Crippen LogP contribution in [-0.4, -0.2) is 43.0 Å². The smallest absolute Gasteiger partial charge is 0.323 e. The van der Waals surface area contributed by atoms with Gasteiger partial charge in [-0.15, -0.1) is 0 Å². The fourth-order valence-corrected chi connectivity index (χ4v) is 4.52. The number of anilines is 2. The Morgan fingerprint density at radius 3 is 2.38 bits per heavy atom. The molecule has 1 fully saturated rings. The van der Waals surface area contributed by atoms with Crippen molar-refractivity contribution < 1.29 is 14.3 Å². The average Bonchev–Trinajstić information content (AvgIpc) is 3.38. The number of ether oxygens (including phenoxy) is 1. The number of benzene rings is 3. The largest absolute Gasteiger partial charge is 0.455 e. The van der Waals surface area contributed by atoms with E-state index in [0.29, 0.717) is 45.0 Å². The summed E-state index contributed by atoms with van der Waals surface area (Å²) in [7, 11) is 0. The Labute approximate surface area is 227 Å². The number of carbonyl (C=O) groups excluding carboxylic acids is 2.